The lowest BCUT2D eigenvalue weighted by Crippen LogP contribution is -2.30. The van der Waals surface area contributed by atoms with Crippen molar-refractivity contribution in [2.75, 3.05) is 13.2 Å². The van der Waals surface area contributed by atoms with Crippen molar-refractivity contribution in [1.29, 1.82) is 0 Å². The summed E-state index contributed by atoms with van der Waals surface area (Å²) in [5.74, 6) is -1.05. The molecule has 0 saturated carbocycles. The van der Waals surface area contributed by atoms with Crippen molar-refractivity contribution < 1.29 is 28.6 Å². The summed E-state index contributed by atoms with van der Waals surface area (Å²) in [4.78, 5) is 38.3. The van der Waals surface area contributed by atoms with Gasteiger partial charge < -0.3 is 14.2 Å². The zero-order valence-corrected chi connectivity index (χ0v) is 53.1. The van der Waals surface area contributed by atoms with Crippen molar-refractivity contribution in [2.24, 2.45) is 0 Å². The van der Waals surface area contributed by atoms with Crippen molar-refractivity contribution in [3.05, 3.63) is 182 Å². The van der Waals surface area contributed by atoms with Crippen LogP contribution in [0.4, 0.5) is 0 Å². The molecule has 0 saturated heterocycles. The number of rotatable bonds is 58. The molecule has 0 aliphatic carbocycles. The molecule has 6 nitrogen and oxygen atoms in total. The van der Waals surface area contributed by atoms with Gasteiger partial charge in [-0.25, -0.2) is 0 Å². The summed E-state index contributed by atoms with van der Waals surface area (Å²) in [7, 11) is 0. The normalized spacial score (nSPS) is 13.3. The molecular weight excluding hydrogens is 1020 g/mol. The van der Waals surface area contributed by atoms with Crippen molar-refractivity contribution in [2.45, 2.75) is 271 Å². The monoisotopic (exact) mass is 1140 g/mol. The Kier molecular flexibility index (Phi) is 64.4. The largest absolute Gasteiger partial charge is 0.462 e. The molecule has 0 aromatic carbocycles. The van der Waals surface area contributed by atoms with Gasteiger partial charge >= 0.3 is 17.9 Å². The Bertz CT molecular complexity index is 1940. The Hall–Kier alpha value is -5.49. The number of hydrogen-bond donors (Lipinski definition) is 0. The van der Waals surface area contributed by atoms with Crippen LogP contribution in [0, 0.1) is 0 Å². The summed E-state index contributed by atoms with van der Waals surface area (Å²) >= 11 is 0. The Morgan fingerprint density at radius 2 is 0.494 bits per heavy atom. The number of esters is 3. The van der Waals surface area contributed by atoms with E-state index >= 15 is 0 Å². The second-order valence-electron chi connectivity index (χ2n) is 21.3. The molecule has 0 aliphatic heterocycles. The van der Waals surface area contributed by atoms with Gasteiger partial charge in [-0.1, -0.05) is 299 Å². The molecule has 0 aromatic rings. The Balaban J connectivity index is 4.52. The number of carbonyl (C=O) groups is 3. The van der Waals surface area contributed by atoms with Crippen LogP contribution in [-0.4, -0.2) is 37.2 Å². The summed E-state index contributed by atoms with van der Waals surface area (Å²) < 4.78 is 16.8. The molecule has 0 fully saturated rings. The predicted octanol–water partition coefficient (Wildman–Crippen LogP) is 23.2. The predicted molar refractivity (Wildman–Crippen MR) is 361 cm³/mol. The molecule has 6 heteroatoms. The third-order valence-corrected chi connectivity index (χ3v) is 13.4. The molecular formula is C77H120O6. The summed E-state index contributed by atoms with van der Waals surface area (Å²) in [5.41, 5.74) is 0. The number of ether oxygens (including phenoxy) is 3. The molecule has 0 spiro atoms. The van der Waals surface area contributed by atoms with Gasteiger partial charge in [0.05, 0.1) is 0 Å². The Labute approximate surface area is 510 Å². The molecule has 0 heterocycles. The van der Waals surface area contributed by atoms with Gasteiger partial charge in [0.15, 0.2) is 6.10 Å². The molecule has 464 valence electrons. The van der Waals surface area contributed by atoms with Gasteiger partial charge in [-0.2, -0.15) is 0 Å². The Morgan fingerprint density at radius 1 is 0.253 bits per heavy atom. The van der Waals surface area contributed by atoms with E-state index in [1.165, 1.54) is 77.0 Å². The molecule has 83 heavy (non-hydrogen) atoms. The van der Waals surface area contributed by atoms with E-state index in [-0.39, 0.29) is 31.6 Å². The third kappa shape index (κ3) is 67.2. The first kappa shape index (κ1) is 77.5. The summed E-state index contributed by atoms with van der Waals surface area (Å²) in [6.45, 7) is 6.32. The summed E-state index contributed by atoms with van der Waals surface area (Å²) in [6, 6.07) is 0. The van der Waals surface area contributed by atoms with Gasteiger partial charge in [0.1, 0.15) is 13.2 Å². The summed E-state index contributed by atoms with van der Waals surface area (Å²) in [5, 5.41) is 0. The minimum absolute atomic E-state index is 0.125. The molecule has 1 atom stereocenters. The quantitative estimate of drug-likeness (QED) is 0.0261. The standard InChI is InChI=1S/C77H120O6/c1-4-7-10-13-16-19-22-25-28-30-32-33-34-35-36-37-38-39-40-41-42-43-45-46-49-52-55-58-61-64-67-70-76(79)82-73-74(72-81-75(78)69-66-63-60-57-54-51-48-27-24-21-18-15-12-9-6-3)83-77(80)71-68-65-62-59-56-53-50-47-44-31-29-26-23-20-17-14-11-8-5-2/h7-8,10-11,16-17,19-20,25-26,28-29,32-33,35-36,38-39,41-42,44-47,52-53,55-56,62,65,74H,4-6,9,12-15,18,21-24,27,30-31,34,37,40,43,48-51,54,57-61,63-64,66-73H2,1-3H3/b10-7-,11-8-,19-16-,20-17-,28-25-,29-26-,33-32-,36-35-,39-38-,42-41-,46-45-,47-44-,55-52-,56-53-,65-62-. The maximum Gasteiger partial charge on any atom is 0.306 e. The van der Waals surface area contributed by atoms with Crippen LogP contribution in [0.5, 0.6) is 0 Å². The van der Waals surface area contributed by atoms with E-state index < -0.39 is 12.1 Å². The highest BCUT2D eigenvalue weighted by atomic mass is 16.6. The molecule has 0 aromatic heterocycles. The van der Waals surface area contributed by atoms with Crippen LogP contribution >= 0.6 is 0 Å². The fourth-order valence-corrected chi connectivity index (χ4v) is 8.52. The van der Waals surface area contributed by atoms with Gasteiger partial charge in [-0.3, -0.25) is 14.4 Å². The first-order valence-electron chi connectivity index (χ1n) is 33.3. The van der Waals surface area contributed by atoms with Crippen molar-refractivity contribution in [3.63, 3.8) is 0 Å². The minimum atomic E-state index is -0.842. The van der Waals surface area contributed by atoms with Crippen LogP contribution in [-0.2, 0) is 28.6 Å². The summed E-state index contributed by atoms with van der Waals surface area (Å²) in [6.07, 6.45) is 103. The van der Waals surface area contributed by atoms with Crippen LogP contribution in [0.2, 0.25) is 0 Å². The van der Waals surface area contributed by atoms with E-state index in [1.54, 1.807) is 0 Å². The number of allylic oxidation sites excluding steroid dienone is 30. The van der Waals surface area contributed by atoms with E-state index in [9.17, 15) is 14.4 Å². The van der Waals surface area contributed by atoms with Crippen LogP contribution in [0.25, 0.3) is 0 Å². The third-order valence-electron chi connectivity index (χ3n) is 13.4. The van der Waals surface area contributed by atoms with Crippen LogP contribution in [0.1, 0.15) is 265 Å². The van der Waals surface area contributed by atoms with Gasteiger partial charge in [0, 0.05) is 19.3 Å². The molecule has 0 N–H and O–H groups in total. The van der Waals surface area contributed by atoms with E-state index in [0.29, 0.717) is 19.3 Å². The van der Waals surface area contributed by atoms with Gasteiger partial charge in [0.25, 0.3) is 0 Å². The molecule has 0 amide bonds. The van der Waals surface area contributed by atoms with Crippen molar-refractivity contribution in [3.8, 4) is 0 Å². The van der Waals surface area contributed by atoms with Crippen LogP contribution in [0.3, 0.4) is 0 Å². The zero-order valence-electron chi connectivity index (χ0n) is 53.1. The van der Waals surface area contributed by atoms with E-state index in [0.717, 1.165) is 141 Å². The number of carbonyl (C=O) groups excluding carboxylic acids is 3. The topological polar surface area (TPSA) is 78.9 Å². The van der Waals surface area contributed by atoms with E-state index in [4.69, 9.17) is 14.2 Å². The highest BCUT2D eigenvalue weighted by Gasteiger charge is 2.19. The van der Waals surface area contributed by atoms with Gasteiger partial charge in [-0.05, 0) is 128 Å². The van der Waals surface area contributed by atoms with Crippen molar-refractivity contribution >= 4 is 17.9 Å². The van der Waals surface area contributed by atoms with Crippen LogP contribution in [0.15, 0.2) is 182 Å². The lowest BCUT2D eigenvalue weighted by molar-refractivity contribution is -0.166. The first-order valence-corrected chi connectivity index (χ1v) is 33.3. The van der Waals surface area contributed by atoms with Crippen molar-refractivity contribution in [1.82, 2.24) is 0 Å². The highest BCUT2D eigenvalue weighted by Crippen LogP contribution is 2.15. The van der Waals surface area contributed by atoms with Gasteiger partial charge in [0.2, 0.25) is 0 Å². The molecule has 0 radical (unpaired) electrons. The Morgan fingerprint density at radius 3 is 0.783 bits per heavy atom. The molecule has 1 unspecified atom stereocenters. The smallest absolute Gasteiger partial charge is 0.306 e. The first-order chi connectivity index (χ1) is 41.0. The highest BCUT2D eigenvalue weighted by molar-refractivity contribution is 5.71. The minimum Gasteiger partial charge on any atom is -0.462 e. The zero-order chi connectivity index (χ0) is 59.9. The maximum atomic E-state index is 12.9. The average molecular weight is 1140 g/mol. The molecule has 0 aliphatic rings. The number of hydrogen-bond acceptors (Lipinski definition) is 6. The van der Waals surface area contributed by atoms with E-state index in [2.05, 4.69) is 191 Å². The van der Waals surface area contributed by atoms with Crippen LogP contribution < -0.4 is 0 Å². The molecule has 0 bridgehead atoms. The SMILES string of the molecule is CC/C=C\C/C=C\C/C=C\C/C=C\C/C=C\C/C=C\C/C=C\C/C=C\C/C=C\CCCCCC(=O)OCC(COC(=O)CCCCCCCCCCCCCCCCC)OC(=O)CC/C=C\C/C=C\C/C=C\C/C=C\C/C=C\C/C=C\CC. The lowest BCUT2D eigenvalue weighted by Gasteiger charge is -2.18. The maximum absolute atomic E-state index is 12.9. The average Bonchev–Trinajstić information content (AvgIpc) is 3.49. The lowest BCUT2D eigenvalue weighted by atomic mass is 10.0. The molecule has 0 rings (SSSR count). The van der Waals surface area contributed by atoms with E-state index in [1.807, 2.05) is 12.2 Å². The second-order valence-corrected chi connectivity index (χ2v) is 21.3. The second kappa shape index (κ2) is 69.0. The number of unbranched alkanes of at least 4 members (excludes halogenated alkanes) is 17. The fraction of sp³-hybridized carbons (Fsp3) is 0.571. The fourth-order valence-electron chi connectivity index (χ4n) is 8.52. The van der Waals surface area contributed by atoms with Gasteiger partial charge in [-0.15, -0.1) is 0 Å².